The highest BCUT2D eigenvalue weighted by molar-refractivity contribution is 5.94. The van der Waals surface area contributed by atoms with Crippen molar-refractivity contribution in [1.29, 1.82) is 0 Å². The molecule has 4 nitrogen and oxygen atoms in total. The van der Waals surface area contributed by atoms with Gasteiger partial charge in [0.15, 0.2) is 0 Å². The fourth-order valence-electron chi connectivity index (χ4n) is 2.65. The van der Waals surface area contributed by atoms with E-state index in [-0.39, 0.29) is 0 Å². The van der Waals surface area contributed by atoms with E-state index in [9.17, 15) is 0 Å². The summed E-state index contributed by atoms with van der Waals surface area (Å²) in [6.45, 7) is 4.12. The predicted octanol–water partition coefficient (Wildman–Crippen LogP) is 3.51. The third kappa shape index (κ3) is 2.27. The van der Waals surface area contributed by atoms with Crippen LogP contribution in [0.5, 0.6) is 5.75 Å². The van der Waals surface area contributed by atoms with E-state index in [2.05, 4.69) is 34.8 Å². The number of aryl methyl sites for hydroxylation is 3. The Labute approximate surface area is 124 Å². The van der Waals surface area contributed by atoms with Crippen LogP contribution >= 0.6 is 0 Å². The van der Waals surface area contributed by atoms with Gasteiger partial charge in [0.2, 0.25) is 0 Å². The topological polar surface area (TPSA) is 39.9 Å². The first-order valence-corrected chi connectivity index (χ1v) is 7.11. The van der Waals surface area contributed by atoms with Crippen LogP contribution in [-0.4, -0.2) is 21.6 Å². The Kier molecular flexibility index (Phi) is 3.37. The maximum atomic E-state index is 5.23. The van der Waals surface area contributed by atoms with E-state index < -0.39 is 0 Å². The molecule has 2 aromatic heterocycles. The lowest BCUT2D eigenvalue weighted by Gasteiger charge is -2.06. The maximum Gasteiger partial charge on any atom is 0.129 e. The zero-order chi connectivity index (χ0) is 15.0. The van der Waals surface area contributed by atoms with Crippen LogP contribution < -0.4 is 4.74 Å². The van der Waals surface area contributed by atoms with Gasteiger partial charge in [0.05, 0.1) is 24.0 Å². The maximum absolute atomic E-state index is 5.23. The van der Waals surface area contributed by atoms with Crippen molar-refractivity contribution in [2.75, 3.05) is 7.11 Å². The van der Waals surface area contributed by atoms with Gasteiger partial charge in [0.25, 0.3) is 0 Å². The average molecular weight is 281 g/mol. The molecular formula is C17H19N3O. The Morgan fingerprint density at radius 3 is 2.48 bits per heavy atom. The van der Waals surface area contributed by atoms with Crippen molar-refractivity contribution in [3.63, 3.8) is 0 Å². The molecule has 0 bridgehead atoms. The Bertz CT molecular complexity index is 788. The summed E-state index contributed by atoms with van der Waals surface area (Å²) in [7, 11) is 3.73. The molecule has 1 aromatic carbocycles. The molecule has 0 spiro atoms. The molecule has 4 heteroatoms. The molecule has 2 heterocycles. The van der Waals surface area contributed by atoms with E-state index in [1.165, 1.54) is 0 Å². The molecule has 3 aromatic rings. The lowest BCUT2D eigenvalue weighted by atomic mass is 10.1. The Hall–Kier alpha value is -2.36. The summed E-state index contributed by atoms with van der Waals surface area (Å²) in [4.78, 5) is 9.28. The number of benzene rings is 1. The van der Waals surface area contributed by atoms with Crippen LogP contribution in [0.15, 0.2) is 30.5 Å². The van der Waals surface area contributed by atoms with Gasteiger partial charge in [-0.05, 0) is 31.2 Å². The smallest absolute Gasteiger partial charge is 0.129 e. The van der Waals surface area contributed by atoms with Crippen LogP contribution in [0.25, 0.3) is 22.2 Å². The molecule has 0 aliphatic carbocycles. The molecule has 3 rings (SSSR count). The summed E-state index contributed by atoms with van der Waals surface area (Å²) in [5.41, 5.74) is 4.31. The fraction of sp³-hybridized carbons (Fsp3) is 0.294. The Morgan fingerprint density at radius 1 is 1.14 bits per heavy atom. The SMILES string of the molecule is CCc1nc(C)c2cn(C)c(-c3ccc(OC)cc3)c2n1. The van der Waals surface area contributed by atoms with Crippen molar-refractivity contribution >= 4 is 10.9 Å². The van der Waals surface area contributed by atoms with Crippen molar-refractivity contribution in [3.05, 3.63) is 42.0 Å². The first kappa shape index (κ1) is 13.6. The number of ether oxygens (including phenoxy) is 1. The van der Waals surface area contributed by atoms with Crippen LogP contribution in [0.3, 0.4) is 0 Å². The highest BCUT2D eigenvalue weighted by Crippen LogP contribution is 2.31. The minimum absolute atomic E-state index is 0.841. The minimum Gasteiger partial charge on any atom is -0.497 e. The second-order valence-corrected chi connectivity index (χ2v) is 5.16. The first-order valence-electron chi connectivity index (χ1n) is 7.11. The summed E-state index contributed by atoms with van der Waals surface area (Å²) in [6, 6.07) is 8.08. The normalized spacial score (nSPS) is 11.0. The monoisotopic (exact) mass is 281 g/mol. The van der Waals surface area contributed by atoms with Gasteiger partial charge < -0.3 is 9.30 Å². The van der Waals surface area contributed by atoms with E-state index in [0.717, 1.165) is 45.8 Å². The fourth-order valence-corrected chi connectivity index (χ4v) is 2.65. The molecule has 0 unspecified atom stereocenters. The molecule has 0 aliphatic rings. The van der Waals surface area contributed by atoms with E-state index in [4.69, 9.17) is 9.72 Å². The molecule has 0 radical (unpaired) electrons. The number of nitrogens with zero attached hydrogens (tertiary/aromatic N) is 3. The van der Waals surface area contributed by atoms with Gasteiger partial charge >= 0.3 is 0 Å². The second-order valence-electron chi connectivity index (χ2n) is 5.16. The number of fused-ring (bicyclic) bond motifs is 1. The van der Waals surface area contributed by atoms with Crippen LogP contribution in [0.2, 0.25) is 0 Å². The van der Waals surface area contributed by atoms with Crippen molar-refractivity contribution < 1.29 is 4.74 Å². The van der Waals surface area contributed by atoms with Crippen molar-refractivity contribution in [1.82, 2.24) is 14.5 Å². The highest BCUT2D eigenvalue weighted by Gasteiger charge is 2.14. The minimum atomic E-state index is 0.841. The van der Waals surface area contributed by atoms with Crippen LogP contribution in [0.4, 0.5) is 0 Å². The molecule has 0 aliphatic heterocycles. The Morgan fingerprint density at radius 2 is 1.86 bits per heavy atom. The molecule has 0 N–H and O–H groups in total. The number of hydrogen-bond donors (Lipinski definition) is 0. The number of methoxy groups -OCH3 is 1. The lowest BCUT2D eigenvalue weighted by Crippen LogP contribution is -1.96. The van der Waals surface area contributed by atoms with Crippen LogP contribution in [-0.2, 0) is 13.5 Å². The zero-order valence-corrected chi connectivity index (χ0v) is 12.8. The third-order valence-electron chi connectivity index (χ3n) is 3.76. The van der Waals surface area contributed by atoms with Gasteiger partial charge in [-0.25, -0.2) is 9.97 Å². The summed E-state index contributed by atoms with van der Waals surface area (Å²) in [6.07, 6.45) is 2.94. The van der Waals surface area contributed by atoms with Gasteiger partial charge in [-0.15, -0.1) is 0 Å². The van der Waals surface area contributed by atoms with Crippen LogP contribution in [0.1, 0.15) is 18.4 Å². The molecule has 108 valence electrons. The summed E-state index contributed by atoms with van der Waals surface area (Å²) < 4.78 is 7.35. The van der Waals surface area contributed by atoms with E-state index in [1.807, 2.05) is 26.1 Å². The van der Waals surface area contributed by atoms with Gasteiger partial charge in [-0.3, -0.25) is 0 Å². The predicted molar refractivity (Wildman–Crippen MR) is 84.6 cm³/mol. The molecular weight excluding hydrogens is 262 g/mol. The first-order chi connectivity index (χ1) is 10.1. The van der Waals surface area contributed by atoms with Gasteiger partial charge in [-0.2, -0.15) is 0 Å². The van der Waals surface area contributed by atoms with Gasteiger partial charge in [0, 0.05) is 30.6 Å². The van der Waals surface area contributed by atoms with Crippen molar-refractivity contribution in [2.45, 2.75) is 20.3 Å². The molecule has 0 atom stereocenters. The standard InChI is InChI=1S/C17H19N3O/c1-5-15-18-11(2)14-10-20(3)17(16(14)19-15)12-6-8-13(21-4)9-7-12/h6-10H,5H2,1-4H3. The van der Waals surface area contributed by atoms with Gasteiger partial charge in [-0.1, -0.05) is 6.92 Å². The van der Waals surface area contributed by atoms with E-state index in [1.54, 1.807) is 7.11 Å². The lowest BCUT2D eigenvalue weighted by molar-refractivity contribution is 0.415. The average Bonchev–Trinajstić information content (AvgIpc) is 2.84. The molecule has 0 saturated carbocycles. The van der Waals surface area contributed by atoms with Crippen molar-refractivity contribution in [2.24, 2.45) is 7.05 Å². The molecule has 21 heavy (non-hydrogen) atoms. The summed E-state index contributed by atoms with van der Waals surface area (Å²) >= 11 is 0. The highest BCUT2D eigenvalue weighted by atomic mass is 16.5. The van der Waals surface area contributed by atoms with E-state index in [0.29, 0.717) is 0 Å². The third-order valence-corrected chi connectivity index (χ3v) is 3.76. The molecule has 0 saturated heterocycles. The number of hydrogen-bond acceptors (Lipinski definition) is 3. The number of rotatable bonds is 3. The summed E-state index contributed by atoms with van der Waals surface area (Å²) in [5.74, 6) is 1.75. The summed E-state index contributed by atoms with van der Waals surface area (Å²) in [5, 5.41) is 1.11. The second kappa shape index (κ2) is 5.20. The Balaban J connectivity index is 2.25. The van der Waals surface area contributed by atoms with Gasteiger partial charge in [0.1, 0.15) is 11.6 Å². The largest absolute Gasteiger partial charge is 0.497 e. The van der Waals surface area contributed by atoms with E-state index >= 15 is 0 Å². The quantitative estimate of drug-likeness (QED) is 0.737. The zero-order valence-electron chi connectivity index (χ0n) is 12.8. The molecule has 0 fully saturated rings. The van der Waals surface area contributed by atoms with Crippen molar-refractivity contribution in [3.8, 4) is 17.0 Å². The van der Waals surface area contributed by atoms with Crippen LogP contribution in [0, 0.1) is 6.92 Å². The number of aromatic nitrogens is 3. The molecule has 0 amide bonds.